The lowest BCUT2D eigenvalue weighted by molar-refractivity contribution is -0.136. The largest absolute Gasteiger partial charge is 0.334 e. The first kappa shape index (κ1) is 20.2. The van der Waals surface area contributed by atoms with Crippen LogP contribution in [0.15, 0.2) is 47.3 Å². The fourth-order valence-electron chi connectivity index (χ4n) is 3.41. The molecule has 0 radical (unpaired) electrons. The number of hydrogen-bond acceptors (Lipinski definition) is 6. The summed E-state index contributed by atoms with van der Waals surface area (Å²) in [5.74, 6) is -0.946. The first-order chi connectivity index (χ1) is 14.9. The number of amides is 4. The molecule has 10 heteroatoms. The summed E-state index contributed by atoms with van der Waals surface area (Å²) in [6.45, 7) is 2.12. The van der Waals surface area contributed by atoms with Gasteiger partial charge in [-0.25, -0.2) is 4.79 Å². The van der Waals surface area contributed by atoms with Crippen molar-refractivity contribution in [3.05, 3.63) is 63.9 Å². The molecule has 3 N–H and O–H groups in total. The van der Waals surface area contributed by atoms with Gasteiger partial charge in [0.05, 0.1) is 5.39 Å². The maximum atomic E-state index is 12.9. The van der Waals surface area contributed by atoms with Crippen LogP contribution >= 0.6 is 0 Å². The van der Waals surface area contributed by atoms with E-state index in [9.17, 15) is 19.2 Å². The van der Waals surface area contributed by atoms with Crippen LogP contribution < -0.4 is 21.5 Å². The van der Waals surface area contributed by atoms with Crippen molar-refractivity contribution in [3.63, 3.8) is 0 Å². The summed E-state index contributed by atoms with van der Waals surface area (Å²) in [5, 5.41) is 15.9. The highest BCUT2D eigenvalue weighted by atomic mass is 16.2. The molecule has 3 aromatic rings. The Bertz CT molecular complexity index is 1250. The maximum Gasteiger partial charge on any atom is 0.319 e. The fraction of sp³-hybridized carbons (Fsp3) is 0.238. The van der Waals surface area contributed by atoms with Crippen molar-refractivity contribution in [1.29, 1.82) is 0 Å². The van der Waals surface area contributed by atoms with E-state index in [-0.39, 0.29) is 36.7 Å². The van der Waals surface area contributed by atoms with E-state index in [1.165, 1.54) is 0 Å². The number of aromatic nitrogens is 3. The number of nitrogens with zero attached hydrogens (tertiary/aromatic N) is 3. The van der Waals surface area contributed by atoms with E-state index in [1.54, 1.807) is 24.3 Å². The van der Waals surface area contributed by atoms with Gasteiger partial charge < -0.3 is 10.6 Å². The number of fused-ring (bicyclic) bond motifs is 1. The SMILES string of the molecule is Cc1cccc(NC(=O)NCc2ccc3nnn(C4CCC(=O)NC4=O)c(=O)c3c2)c1. The number of rotatable bonds is 4. The molecule has 31 heavy (non-hydrogen) atoms. The molecular weight excluding hydrogens is 400 g/mol. The van der Waals surface area contributed by atoms with E-state index >= 15 is 0 Å². The normalized spacial score (nSPS) is 16.1. The van der Waals surface area contributed by atoms with Crippen molar-refractivity contribution >= 4 is 34.4 Å². The third-order valence-electron chi connectivity index (χ3n) is 4.98. The molecule has 2 heterocycles. The summed E-state index contributed by atoms with van der Waals surface area (Å²) in [5.41, 5.74) is 2.29. The average molecular weight is 420 g/mol. The van der Waals surface area contributed by atoms with E-state index in [4.69, 9.17) is 0 Å². The highest BCUT2D eigenvalue weighted by molar-refractivity contribution is 5.99. The lowest BCUT2D eigenvalue weighted by Gasteiger charge is -2.21. The summed E-state index contributed by atoms with van der Waals surface area (Å²) in [4.78, 5) is 48.5. The second kappa shape index (κ2) is 8.34. The van der Waals surface area contributed by atoms with Gasteiger partial charge in [-0.15, -0.1) is 5.10 Å². The second-order valence-electron chi connectivity index (χ2n) is 7.33. The van der Waals surface area contributed by atoms with Gasteiger partial charge >= 0.3 is 6.03 Å². The first-order valence-electron chi connectivity index (χ1n) is 9.74. The van der Waals surface area contributed by atoms with Crippen molar-refractivity contribution in [3.8, 4) is 0 Å². The molecule has 1 atom stereocenters. The Morgan fingerprint density at radius 1 is 1.19 bits per heavy atom. The van der Waals surface area contributed by atoms with Gasteiger partial charge in [-0.2, -0.15) is 4.68 Å². The summed E-state index contributed by atoms with van der Waals surface area (Å²) in [6, 6.07) is 11.1. The quantitative estimate of drug-likeness (QED) is 0.546. The number of hydrogen-bond donors (Lipinski definition) is 3. The van der Waals surface area contributed by atoms with Crippen LogP contribution in [0.3, 0.4) is 0 Å². The van der Waals surface area contributed by atoms with Gasteiger partial charge in [0.1, 0.15) is 11.6 Å². The van der Waals surface area contributed by atoms with Crippen molar-refractivity contribution in [2.24, 2.45) is 0 Å². The van der Waals surface area contributed by atoms with Gasteiger partial charge in [-0.1, -0.05) is 23.4 Å². The van der Waals surface area contributed by atoms with E-state index in [0.717, 1.165) is 10.2 Å². The third-order valence-corrected chi connectivity index (χ3v) is 4.98. The summed E-state index contributed by atoms with van der Waals surface area (Å²) in [6.07, 6.45) is 0.313. The molecule has 1 fully saturated rings. The molecule has 0 saturated carbocycles. The van der Waals surface area contributed by atoms with Crippen LogP contribution in [0.25, 0.3) is 10.9 Å². The minimum absolute atomic E-state index is 0.128. The Morgan fingerprint density at radius 2 is 2.03 bits per heavy atom. The minimum atomic E-state index is -0.885. The Hall–Kier alpha value is -4.08. The number of carbonyl (C=O) groups is 3. The van der Waals surface area contributed by atoms with Crippen LogP contribution in [-0.4, -0.2) is 32.8 Å². The number of carbonyl (C=O) groups excluding carboxylic acids is 3. The fourth-order valence-corrected chi connectivity index (χ4v) is 3.41. The summed E-state index contributed by atoms with van der Waals surface area (Å²) in [7, 11) is 0. The van der Waals surface area contributed by atoms with Gasteiger partial charge in [0.15, 0.2) is 0 Å². The number of nitrogens with one attached hydrogen (secondary N) is 3. The summed E-state index contributed by atoms with van der Waals surface area (Å²) >= 11 is 0. The van der Waals surface area contributed by atoms with Crippen LogP contribution in [0.2, 0.25) is 0 Å². The van der Waals surface area contributed by atoms with Crippen LogP contribution in [0, 0.1) is 6.92 Å². The van der Waals surface area contributed by atoms with Gasteiger partial charge in [0.2, 0.25) is 5.91 Å². The zero-order valence-electron chi connectivity index (χ0n) is 16.7. The highest BCUT2D eigenvalue weighted by Crippen LogP contribution is 2.17. The molecule has 10 nitrogen and oxygen atoms in total. The smallest absolute Gasteiger partial charge is 0.319 e. The molecular formula is C21H20N6O4. The average Bonchev–Trinajstić information content (AvgIpc) is 2.73. The molecule has 1 aromatic heterocycles. The Kier molecular flexibility index (Phi) is 5.44. The lowest BCUT2D eigenvalue weighted by atomic mass is 10.1. The van der Waals surface area contributed by atoms with Crippen molar-refractivity contribution in [2.45, 2.75) is 32.4 Å². The zero-order chi connectivity index (χ0) is 22.0. The molecule has 1 unspecified atom stereocenters. The standard InChI is InChI=1S/C21H20N6O4/c1-12-3-2-4-14(9-12)23-21(31)22-11-13-5-6-16-15(10-13)20(30)27(26-25-16)17-7-8-18(28)24-19(17)29/h2-6,9-10,17H,7-8,11H2,1H3,(H2,22,23,31)(H,24,28,29). The van der Waals surface area contributed by atoms with E-state index in [2.05, 4.69) is 26.3 Å². The molecule has 4 rings (SSSR count). The van der Waals surface area contributed by atoms with Crippen molar-refractivity contribution in [1.82, 2.24) is 25.6 Å². The van der Waals surface area contributed by atoms with Crippen LogP contribution in [0.1, 0.15) is 30.0 Å². The summed E-state index contributed by atoms with van der Waals surface area (Å²) < 4.78 is 1.01. The minimum Gasteiger partial charge on any atom is -0.334 e. The third kappa shape index (κ3) is 4.42. The number of piperidine rings is 1. The maximum absolute atomic E-state index is 12.9. The number of urea groups is 1. The molecule has 0 bridgehead atoms. The molecule has 0 aliphatic carbocycles. The molecule has 158 valence electrons. The second-order valence-corrected chi connectivity index (χ2v) is 7.33. The van der Waals surface area contributed by atoms with E-state index in [0.29, 0.717) is 16.8 Å². The Labute approximate surface area is 176 Å². The van der Waals surface area contributed by atoms with Gasteiger partial charge in [0.25, 0.3) is 11.5 Å². The topological polar surface area (TPSA) is 135 Å². The number of benzene rings is 2. The highest BCUT2D eigenvalue weighted by Gasteiger charge is 2.30. The molecule has 1 aliphatic heterocycles. The number of imide groups is 1. The number of anilines is 1. The van der Waals surface area contributed by atoms with Crippen LogP contribution in [0.4, 0.5) is 10.5 Å². The van der Waals surface area contributed by atoms with Crippen molar-refractivity contribution in [2.75, 3.05) is 5.32 Å². The van der Waals surface area contributed by atoms with Gasteiger partial charge in [-0.05, 0) is 48.7 Å². The van der Waals surface area contributed by atoms with Crippen LogP contribution in [0.5, 0.6) is 0 Å². The molecule has 4 amide bonds. The Morgan fingerprint density at radius 3 is 2.81 bits per heavy atom. The van der Waals surface area contributed by atoms with E-state index in [1.807, 2.05) is 25.1 Å². The zero-order valence-corrected chi connectivity index (χ0v) is 16.7. The first-order valence-corrected chi connectivity index (χ1v) is 9.74. The molecule has 1 aliphatic rings. The molecule has 2 aromatic carbocycles. The van der Waals surface area contributed by atoms with Crippen molar-refractivity contribution < 1.29 is 14.4 Å². The van der Waals surface area contributed by atoms with Gasteiger partial charge in [0, 0.05) is 18.7 Å². The predicted octanol–water partition coefficient (Wildman–Crippen LogP) is 1.40. The lowest BCUT2D eigenvalue weighted by Crippen LogP contribution is -2.45. The monoisotopic (exact) mass is 420 g/mol. The molecule has 1 saturated heterocycles. The predicted molar refractivity (Wildman–Crippen MR) is 112 cm³/mol. The number of aryl methyl sites for hydroxylation is 1. The molecule has 0 spiro atoms. The van der Waals surface area contributed by atoms with Gasteiger partial charge in [-0.3, -0.25) is 19.7 Å². The van der Waals surface area contributed by atoms with Crippen LogP contribution in [-0.2, 0) is 16.1 Å². The van der Waals surface area contributed by atoms with E-state index < -0.39 is 17.5 Å². The Balaban J connectivity index is 1.51.